The molecule has 1 aliphatic rings. The molecule has 0 aliphatic carbocycles. The standard InChI is InChI=1S/C21H33N3O2/c1-15(2)14-19(25)24-12-10-17(11-13-24)22-21(26)20(23(4)5)18-9-7-6-8-16(18)3/h6-9,15,17,20H,10-14H2,1-5H3,(H,22,26). The van der Waals surface area contributed by atoms with E-state index in [-0.39, 0.29) is 23.9 Å². The molecule has 1 fully saturated rings. The SMILES string of the molecule is Cc1ccccc1C(C(=O)NC1CCN(C(=O)CC(C)C)CC1)N(C)C. The van der Waals surface area contributed by atoms with E-state index in [0.717, 1.165) is 37.1 Å². The van der Waals surface area contributed by atoms with Crippen molar-refractivity contribution in [1.29, 1.82) is 0 Å². The van der Waals surface area contributed by atoms with Crippen LogP contribution >= 0.6 is 0 Å². The van der Waals surface area contributed by atoms with E-state index in [1.165, 1.54) is 0 Å². The van der Waals surface area contributed by atoms with Crippen LogP contribution in [0.25, 0.3) is 0 Å². The Morgan fingerprint density at radius 1 is 1.19 bits per heavy atom. The van der Waals surface area contributed by atoms with Gasteiger partial charge in [0.1, 0.15) is 6.04 Å². The summed E-state index contributed by atoms with van der Waals surface area (Å²) in [6.07, 6.45) is 2.25. The topological polar surface area (TPSA) is 52.7 Å². The number of carbonyl (C=O) groups excluding carboxylic acids is 2. The fourth-order valence-electron chi connectivity index (χ4n) is 3.58. The summed E-state index contributed by atoms with van der Waals surface area (Å²) in [6, 6.07) is 7.87. The van der Waals surface area contributed by atoms with E-state index < -0.39 is 0 Å². The van der Waals surface area contributed by atoms with Crippen molar-refractivity contribution in [2.24, 2.45) is 5.92 Å². The van der Waals surface area contributed by atoms with Gasteiger partial charge in [-0.2, -0.15) is 0 Å². The van der Waals surface area contributed by atoms with Crippen LogP contribution < -0.4 is 5.32 Å². The molecule has 1 aromatic carbocycles. The summed E-state index contributed by atoms with van der Waals surface area (Å²) in [6.45, 7) is 7.63. The maximum Gasteiger partial charge on any atom is 0.242 e. The molecule has 26 heavy (non-hydrogen) atoms. The third kappa shape index (κ3) is 5.31. The van der Waals surface area contributed by atoms with Crippen molar-refractivity contribution in [3.63, 3.8) is 0 Å². The molecule has 1 unspecified atom stereocenters. The molecule has 0 spiro atoms. The van der Waals surface area contributed by atoms with Gasteiger partial charge in [-0.15, -0.1) is 0 Å². The van der Waals surface area contributed by atoms with Gasteiger partial charge in [0.2, 0.25) is 11.8 Å². The lowest BCUT2D eigenvalue weighted by molar-refractivity contribution is -0.133. The second-order valence-corrected chi connectivity index (χ2v) is 7.98. The number of rotatable bonds is 6. The number of likely N-dealkylation sites (N-methyl/N-ethyl adjacent to an activating group) is 1. The molecule has 1 aromatic rings. The Morgan fingerprint density at radius 2 is 1.81 bits per heavy atom. The highest BCUT2D eigenvalue weighted by Gasteiger charge is 2.29. The van der Waals surface area contributed by atoms with Crippen molar-refractivity contribution in [3.8, 4) is 0 Å². The number of carbonyl (C=O) groups is 2. The quantitative estimate of drug-likeness (QED) is 0.850. The molecule has 1 N–H and O–H groups in total. The van der Waals surface area contributed by atoms with Crippen LogP contribution in [-0.4, -0.2) is 54.8 Å². The van der Waals surface area contributed by atoms with E-state index >= 15 is 0 Å². The molecule has 0 saturated carbocycles. The number of hydrogen-bond acceptors (Lipinski definition) is 3. The summed E-state index contributed by atoms with van der Waals surface area (Å²) in [4.78, 5) is 29.0. The first kappa shape index (κ1) is 20.4. The average molecular weight is 360 g/mol. The zero-order valence-corrected chi connectivity index (χ0v) is 16.8. The molecule has 5 nitrogen and oxygen atoms in total. The van der Waals surface area contributed by atoms with Crippen molar-refractivity contribution in [2.75, 3.05) is 27.2 Å². The van der Waals surface area contributed by atoms with Gasteiger partial charge < -0.3 is 10.2 Å². The average Bonchev–Trinajstić information content (AvgIpc) is 2.56. The van der Waals surface area contributed by atoms with Crippen LogP contribution in [-0.2, 0) is 9.59 Å². The van der Waals surface area contributed by atoms with E-state index in [1.54, 1.807) is 0 Å². The van der Waals surface area contributed by atoms with Gasteiger partial charge >= 0.3 is 0 Å². The third-order valence-corrected chi connectivity index (χ3v) is 5.02. The van der Waals surface area contributed by atoms with Crippen LogP contribution in [0.5, 0.6) is 0 Å². The lowest BCUT2D eigenvalue weighted by Crippen LogP contribution is -2.49. The van der Waals surface area contributed by atoms with E-state index in [2.05, 4.69) is 19.2 Å². The van der Waals surface area contributed by atoms with Crippen molar-refractivity contribution >= 4 is 11.8 Å². The first-order chi connectivity index (χ1) is 12.3. The molecule has 1 atom stereocenters. The number of piperidine rings is 1. The van der Waals surface area contributed by atoms with Crippen LogP contribution in [0, 0.1) is 12.8 Å². The Labute approximate surface area is 157 Å². The van der Waals surface area contributed by atoms with Crippen LogP contribution in [0.1, 0.15) is 50.3 Å². The number of likely N-dealkylation sites (tertiary alicyclic amines) is 1. The van der Waals surface area contributed by atoms with Gasteiger partial charge in [-0.05, 0) is 50.9 Å². The molecule has 1 aliphatic heterocycles. The van der Waals surface area contributed by atoms with Crippen LogP contribution in [0.4, 0.5) is 0 Å². The first-order valence-electron chi connectivity index (χ1n) is 9.59. The molecule has 2 amide bonds. The molecule has 1 saturated heterocycles. The molecule has 0 bridgehead atoms. The van der Waals surface area contributed by atoms with Gasteiger partial charge in [-0.3, -0.25) is 14.5 Å². The van der Waals surface area contributed by atoms with E-state index in [0.29, 0.717) is 12.3 Å². The lowest BCUT2D eigenvalue weighted by Gasteiger charge is -2.34. The number of benzene rings is 1. The first-order valence-corrected chi connectivity index (χ1v) is 9.59. The van der Waals surface area contributed by atoms with E-state index in [9.17, 15) is 9.59 Å². The summed E-state index contributed by atoms with van der Waals surface area (Å²) in [7, 11) is 3.87. The molecule has 1 heterocycles. The summed E-state index contributed by atoms with van der Waals surface area (Å²) in [5.74, 6) is 0.655. The molecule has 0 aromatic heterocycles. The Kier molecular flexibility index (Phi) is 7.21. The number of aryl methyl sites for hydroxylation is 1. The van der Waals surface area contributed by atoms with Gasteiger partial charge in [0.25, 0.3) is 0 Å². The van der Waals surface area contributed by atoms with Gasteiger partial charge in [-0.1, -0.05) is 38.1 Å². The van der Waals surface area contributed by atoms with Crippen molar-refractivity contribution in [2.45, 2.75) is 52.1 Å². The Morgan fingerprint density at radius 3 is 2.35 bits per heavy atom. The monoisotopic (exact) mass is 359 g/mol. The summed E-state index contributed by atoms with van der Waals surface area (Å²) < 4.78 is 0. The fraction of sp³-hybridized carbons (Fsp3) is 0.619. The smallest absolute Gasteiger partial charge is 0.242 e. The summed E-state index contributed by atoms with van der Waals surface area (Å²) in [5, 5.41) is 3.21. The zero-order chi connectivity index (χ0) is 19.3. The Balaban J connectivity index is 1.95. The third-order valence-electron chi connectivity index (χ3n) is 5.02. The highest BCUT2D eigenvalue weighted by Crippen LogP contribution is 2.23. The molecule has 0 radical (unpaired) electrons. The largest absolute Gasteiger partial charge is 0.352 e. The second-order valence-electron chi connectivity index (χ2n) is 7.98. The number of nitrogens with zero attached hydrogens (tertiary/aromatic N) is 2. The molecule has 5 heteroatoms. The minimum absolute atomic E-state index is 0.0382. The maximum atomic E-state index is 12.9. The lowest BCUT2D eigenvalue weighted by atomic mass is 9.98. The predicted octanol–water partition coefficient (Wildman–Crippen LogP) is 2.75. The van der Waals surface area contributed by atoms with Gasteiger partial charge in [0.05, 0.1) is 0 Å². The summed E-state index contributed by atoms with van der Waals surface area (Å²) in [5.41, 5.74) is 2.16. The van der Waals surface area contributed by atoms with Crippen molar-refractivity contribution in [3.05, 3.63) is 35.4 Å². The number of nitrogens with one attached hydrogen (secondary N) is 1. The Bertz CT molecular complexity index is 619. The van der Waals surface area contributed by atoms with E-state index in [1.807, 2.05) is 55.1 Å². The Hall–Kier alpha value is -1.88. The summed E-state index contributed by atoms with van der Waals surface area (Å²) >= 11 is 0. The van der Waals surface area contributed by atoms with Gasteiger partial charge in [0, 0.05) is 25.6 Å². The van der Waals surface area contributed by atoms with E-state index in [4.69, 9.17) is 0 Å². The van der Waals surface area contributed by atoms with Crippen molar-refractivity contribution in [1.82, 2.24) is 15.1 Å². The van der Waals surface area contributed by atoms with Gasteiger partial charge in [-0.25, -0.2) is 0 Å². The minimum atomic E-state index is -0.295. The predicted molar refractivity (Wildman–Crippen MR) is 105 cm³/mol. The molecular weight excluding hydrogens is 326 g/mol. The number of hydrogen-bond donors (Lipinski definition) is 1. The second kappa shape index (κ2) is 9.17. The fourth-order valence-corrected chi connectivity index (χ4v) is 3.58. The van der Waals surface area contributed by atoms with Crippen LogP contribution in [0.15, 0.2) is 24.3 Å². The van der Waals surface area contributed by atoms with Crippen LogP contribution in [0.3, 0.4) is 0 Å². The highest BCUT2D eigenvalue weighted by atomic mass is 16.2. The maximum absolute atomic E-state index is 12.9. The number of amides is 2. The van der Waals surface area contributed by atoms with Crippen LogP contribution in [0.2, 0.25) is 0 Å². The highest BCUT2D eigenvalue weighted by molar-refractivity contribution is 5.84. The zero-order valence-electron chi connectivity index (χ0n) is 16.8. The minimum Gasteiger partial charge on any atom is -0.352 e. The molecule has 144 valence electrons. The molecular formula is C21H33N3O2. The normalized spacial score (nSPS) is 16.8. The van der Waals surface area contributed by atoms with Crippen molar-refractivity contribution < 1.29 is 9.59 Å². The van der Waals surface area contributed by atoms with Gasteiger partial charge in [0.15, 0.2) is 0 Å². The molecule has 2 rings (SSSR count).